The molecule has 0 N–H and O–H groups in total. The summed E-state index contributed by atoms with van der Waals surface area (Å²) in [6.45, 7) is 32.1. The smallest absolute Gasteiger partial charge is 0.347 e. The van der Waals surface area contributed by atoms with Crippen LogP contribution in [0.3, 0.4) is 0 Å². The van der Waals surface area contributed by atoms with Crippen molar-refractivity contribution in [1.82, 2.24) is 0 Å². The molecule has 0 aromatic carbocycles. The molecule has 0 aromatic heterocycles. The third kappa shape index (κ3) is 19.0. The molecule has 0 saturated carbocycles. The maximum absolute atomic E-state index is 12.0. The van der Waals surface area contributed by atoms with Crippen LogP contribution < -0.4 is 0 Å². The van der Waals surface area contributed by atoms with E-state index in [0.717, 1.165) is 6.42 Å². The summed E-state index contributed by atoms with van der Waals surface area (Å²) in [6.07, 6.45) is 3.90. The van der Waals surface area contributed by atoms with E-state index >= 15 is 0 Å². The molecule has 18 heteroatoms. The first-order valence-corrected chi connectivity index (χ1v) is 23.8. The number of carbonyl (C=O) groups is 9. The molecular formula is C50H82O18. The molecular weight excluding hydrogens is 889 g/mol. The van der Waals surface area contributed by atoms with Crippen LogP contribution in [0.5, 0.6) is 0 Å². The Morgan fingerprint density at radius 3 is 1.47 bits per heavy atom. The van der Waals surface area contributed by atoms with Gasteiger partial charge in [-0.2, -0.15) is 0 Å². The molecule has 4 fully saturated rings. The first-order valence-electron chi connectivity index (χ1n) is 23.8. The van der Waals surface area contributed by atoms with Gasteiger partial charge in [-0.15, -0.1) is 0 Å². The summed E-state index contributed by atoms with van der Waals surface area (Å²) in [5, 5.41) is 0. The first kappa shape index (κ1) is 61.2. The van der Waals surface area contributed by atoms with Crippen LogP contribution in [0.1, 0.15) is 175 Å². The highest BCUT2D eigenvalue weighted by molar-refractivity contribution is 5.83. The molecule has 4 aliphatic rings. The first-order chi connectivity index (χ1) is 31.0. The molecule has 68 heavy (non-hydrogen) atoms. The molecule has 0 amide bonds. The molecule has 0 aromatic rings. The van der Waals surface area contributed by atoms with Gasteiger partial charge in [-0.3, -0.25) is 33.6 Å². The minimum Gasteiger partial charge on any atom is -0.465 e. The van der Waals surface area contributed by atoms with Crippen molar-refractivity contribution in [3.63, 3.8) is 0 Å². The largest absolute Gasteiger partial charge is 0.465 e. The zero-order valence-electron chi connectivity index (χ0n) is 44.0. The molecule has 4 atom stereocenters. The minimum atomic E-state index is -0.865. The van der Waals surface area contributed by atoms with E-state index in [-0.39, 0.29) is 60.7 Å². The van der Waals surface area contributed by atoms with Crippen LogP contribution in [0.2, 0.25) is 0 Å². The van der Waals surface area contributed by atoms with E-state index in [0.29, 0.717) is 64.8 Å². The van der Waals surface area contributed by atoms with Crippen molar-refractivity contribution < 1.29 is 85.8 Å². The Kier molecular flexibility index (Phi) is 22.7. The maximum atomic E-state index is 12.0. The summed E-state index contributed by atoms with van der Waals surface area (Å²) in [7, 11) is 0. The second-order valence-electron chi connectivity index (χ2n) is 21.5. The number of hydrogen-bond donors (Lipinski definition) is 0. The lowest BCUT2D eigenvalue weighted by Crippen LogP contribution is -2.43. The highest BCUT2D eigenvalue weighted by Gasteiger charge is 2.45. The second-order valence-corrected chi connectivity index (χ2v) is 21.5. The van der Waals surface area contributed by atoms with Crippen LogP contribution in [0.25, 0.3) is 0 Å². The van der Waals surface area contributed by atoms with E-state index in [4.69, 9.17) is 37.9 Å². The van der Waals surface area contributed by atoms with Gasteiger partial charge in [-0.05, 0) is 122 Å². The zero-order valence-corrected chi connectivity index (χ0v) is 44.0. The van der Waals surface area contributed by atoms with Crippen molar-refractivity contribution in [2.75, 3.05) is 33.0 Å². The predicted octanol–water partition coefficient (Wildman–Crippen LogP) is 7.50. The molecule has 0 bridgehead atoms. The average molecular weight is 971 g/mol. The molecule has 4 heterocycles. The second kappa shape index (κ2) is 25.2. The molecule has 0 aliphatic carbocycles. The van der Waals surface area contributed by atoms with Crippen LogP contribution in [0.4, 0.5) is 0 Å². The zero-order chi connectivity index (χ0) is 52.7. The normalized spacial score (nSPS) is 21.9. The predicted molar refractivity (Wildman–Crippen MR) is 246 cm³/mol. The summed E-state index contributed by atoms with van der Waals surface area (Å²) in [5.74, 6) is -3.65. The van der Waals surface area contributed by atoms with Crippen molar-refractivity contribution in [2.24, 2.45) is 33.5 Å². The van der Waals surface area contributed by atoms with Crippen molar-refractivity contribution in [3.8, 4) is 0 Å². The summed E-state index contributed by atoms with van der Waals surface area (Å²) in [4.78, 5) is 104. The Balaban J connectivity index is 0.000000454. The molecule has 390 valence electrons. The standard InChI is InChI=1S/2C13H22O4.C12H18O6.C12H20O4/c1-6-12(2,3)11(15)17-13(4,5)9-7-10(14)16-8-9;1-6-12(2,3)11(15)17-13(4,5)9-7-8-16-10(9)14;1-4-12(2,3)11(15)17-7-9(13)18-8-5-6-16-10(8)14;1-5-11(2,3)10(14)16-12(4)6-7-15-9(13)8-12/h2*9H,6-8H2,1-5H3;8H,4-7H2,1-3H3;5-8H2,1-4H3. The summed E-state index contributed by atoms with van der Waals surface area (Å²) >= 11 is 0. The van der Waals surface area contributed by atoms with E-state index in [9.17, 15) is 43.2 Å². The van der Waals surface area contributed by atoms with Crippen molar-refractivity contribution in [3.05, 3.63) is 0 Å². The van der Waals surface area contributed by atoms with Gasteiger partial charge in [0.1, 0.15) is 16.8 Å². The number of carbonyl (C=O) groups excluding carboxylic acids is 9. The quantitative estimate of drug-likeness (QED) is 0.107. The Bertz CT molecular complexity index is 1790. The van der Waals surface area contributed by atoms with E-state index in [1.165, 1.54) is 0 Å². The number of esters is 9. The number of rotatable bonds is 16. The topological polar surface area (TPSA) is 237 Å². The van der Waals surface area contributed by atoms with Gasteiger partial charge in [-0.25, -0.2) is 9.59 Å². The number of hydrogen-bond acceptors (Lipinski definition) is 18. The number of ether oxygens (including phenoxy) is 9. The molecule has 0 spiro atoms. The van der Waals surface area contributed by atoms with Crippen LogP contribution in [-0.2, 0) is 85.8 Å². The third-order valence-electron chi connectivity index (χ3n) is 13.3. The summed E-state index contributed by atoms with van der Waals surface area (Å²) in [6, 6.07) is 0. The lowest BCUT2D eigenvalue weighted by molar-refractivity contribution is -0.182. The Morgan fingerprint density at radius 1 is 0.574 bits per heavy atom. The summed E-state index contributed by atoms with van der Waals surface area (Å²) < 4.78 is 45.5. The van der Waals surface area contributed by atoms with Crippen LogP contribution in [-0.4, -0.2) is 110 Å². The summed E-state index contributed by atoms with van der Waals surface area (Å²) in [5.41, 5.74) is -4.27. The van der Waals surface area contributed by atoms with E-state index in [1.54, 1.807) is 34.6 Å². The molecule has 18 nitrogen and oxygen atoms in total. The van der Waals surface area contributed by atoms with Crippen LogP contribution in [0, 0.1) is 33.5 Å². The fourth-order valence-corrected chi connectivity index (χ4v) is 5.94. The van der Waals surface area contributed by atoms with Gasteiger partial charge in [0, 0.05) is 18.8 Å². The maximum Gasteiger partial charge on any atom is 0.347 e. The van der Waals surface area contributed by atoms with E-state index in [1.807, 2.05) is 83.1 Å². The van der Waals surface area contributed by atoms with Gasteiger partial charge in [0.15, 0.2) is 6.61 Å². The third-order valence-corrected chi connectivity index (χ3v) is 13.3. The van der Waals surface area contributed by atoms with Gasteiger partial charge in [0.05, 0.1) is 66.8 Å². The van der Waals surface area contributed by atoms with Gasteiger partial charge < -0.3 is 42.6 Å². The van der Waals surface area contributed by atoms with Crippen LogP contribution in [0.15, 0.2) is 0 Å². The van der Waals surface area contributed by atoms with E-state index in [2.05, 4.69) is 4.74 Å². The SMILES string of the molecule is CCC(C)(C)C(=O)OC(C)(C)C1CCOC1=O.CCC(C)(C)C(=O)OC(C)(C)C1COC(=O)C1.CCC(C)(C)C(=O)OC1(C)CCOC(=O)C1.CCC(C)(C)C(=O)OCC(=O)OC1CCOC1=O. The van der Waals surface area contributed by atoms with Gasteiger partial charge >= 0.3 is 53.7 Å². The monoisotopic (exact) mass is 971 g/mol. The van der Waals surface area contributed by atoms with Crippen molar-refractivity contribution in [1.29, 1.82) is 0 Å². The Labute approximate surface area is 403 Å². The van der Waals surface area contributed by atoms with E-state index < -0.39 is 69.1 Å². The minimum absolute atomic E-state index is 0.0494. The Hall–Kier alpha value is -4.77. The molecule has 4 saturated heterocycles. The lowest BCUT2D eigenvalue weighted by atomic mass is 9.87. The highest BCUT2D eigenvalue weighted by atomic mass is 16.6. The van der Waals surface area contributed by atoms with Gasteiger partial charge in [0.25, 0.3) is 0 Å². The highest BCUT2D eigenvalue weighted by Crippen LogP contribution is 2.35. The molecule has 4 aliphatic heterocycles. The molecule has 4 unspecified atom stereocenters. The lowest BCUT2D eigenvalue weighted by Gasteiger charge is -2.35. The fourth-order valence-electron chi connectivity index (χ4n) is 5.94. The van der Waals surface area contributed by atoms with Crippen molar-refractivity contribution >= 4 is 53.7 Å². The fraction of sp³-hybridized carbons (Fsp3) is 0.820. The Morgan fingerprint density at radius 2 is 1.04 bits per heavy atom. The van der Waals surface area contributed by atoms with Gasteiger partial charge in [0.2, 0.25) is 6.10 Å². The molecule has 0 radical (unpaired) electrons. The van der Waals surface area contributed by atoms with Crippen LogP contribution >= 0.6 is 0 Å². The average Bonchev–Trinajstić information content (AvgIpc) is 4.01. The molecule has 4 rings (SSSR count). The van der Waals surface area contributed by atoms with Gasteiger partial charge in [-0.1, -0.05) is 27.7 Å². The van der Waals surface area contributed by atoms with Crippen molar-refractivity contribution in [2.45, 2.75) is 198 Å². The number of cyclic esters (lactones) is 4.